The van der Waals surface area contributed by atoms with Gasteiger partial charge in [0.15, 0.2) is 0 Å². The molecule has 2 aliphatic heterocycles. The summed E-state index contributed by atoms with van der Waals surface area (Å²) >= 11 is 0. The van der Waals surface area contributed by atoms with Gasteiger partial charge in [-0.25, -0.2) is 14.0 Å². The summed E-state index contributed by atoms with van der Waals surface area (Å²) in [5.41, 5.74) is 0.933. The van der Waals surface area contributed by atoms with Crippen LogP contribution in [0.15, 0.2) is 24.3 Å². The lowest BCUT2D eigenvalue weighted by atomic mass is 10.0. The van der Waals surface area contributed by atoms with Crippen molar-refractivity contribution in [2.45, 2.75) is 51.7 Å². The molecule has 0 radical (unpaired) electrons. The van der Waals surface area contributed by atoms with Crippen LogP contribution in [-0.4, -0.2) is 65.0 Å². The smallest absolute Gasteiger partial charge is 0.320 e. The Kier molecular flexibility index (Phi) is 6.19. The molecule has 1 aromatic rings. The van der Waals surface area contributed by atoms with E-state index in [0.717, 1.165) is 24.8 Å². The van der Waals surface area contributed by atoms with E-state index >= 15 is 0 Å². The van der Waals surface area contributed by atoms with Gasteiger partial charge in [-0.3, -0.25) is 0 Å². The Hall–Kier alpha value is -2.31. The van der Waals surface area contributed by atoms with Crippen molar-refractivity contribution in [3.8, 4) is 0 Å². The first-order valence-corrected chi connectivity index (χ1v) is 9.83. The molecule has 1 aromatic carbocycles. The van der Waals surface area contributed by atoms with Crippen molar-refractivity contribution in [1.29, 1.82) is 0 Å². The maximum absolute atomic E-state index is 13.0. The number of hydrogen-bond acceptors (Lipinski definition) is 2. The number of likely N-dealkylation sites (tertiary alicyclic amines) is 1. The highest BCUT2D eigenvalue weighted by atomic mass is 19.1. The van der Waals surface area contributed by atoms with Crippen LogP contribution in [0.4, 0.5) is 14.0 Å². The van der Waals surface area contributed by atoms with Crippen LogP contribution in [0.25, 0.3) is 0 Å². The van der Waals surface area contributed by atoms with Gasteiger partial charge >= 0.3 is 12.1 Å². The van der Waals surface area contributed by atoms with Gasteiger partial charge in [0.1, 0.15) is 5.82 Å². The fourth-order valence-electron chi connectivity index (χ4n) is 3.68. The van der Waals surface area contributed by atoms with Crippen molar-refractivity contribution < 1.29 is 14.0 Å². The lowest BCUT2D eigenvalue weighted by Crippen LogP contribution is -2.51. The summed E-state index contributed by atoms with van der Waals surface area (Å²) in [5.74, 6) is -0.266. The molecule has 0 aromatic heterocycles. The molecule has 148 valence electrons. The second kappa shape index (κ2) is 8.59. The molecular formula is C20H29FN4O2. The zero-order valence-electron chi connectivity index (χ0n) is 16.2. The second-order valence-corrected chi connectivity index (χ2v) is 7.50. The van der Waals surface area contributed by atoms with Gasteiger partial charge in [-0.15, -0.1) is 0 Å². The van der Waals surface area contributed by atoms with E-state index in [1.54, 1.807) is 12.1 Å². The van der Waals surface area contributed by atoms with Crippen molar-refractivity contribution in [3.63, 3.8) is 0 Å². The van der Waals surface area contributed by atoms with Crippen molar-refractivity contribution in [3.05, 3.63) is 35.6 Å². The topological polar surface area (TPSA) is 55.9 Å². The van der Waals surface area contributed by atoms with E-state index in [-0.39, 0.29) is 30.0 Å². The fraction of sp³-hybridized carbons (Fsp3) is 0.600. The summed E-state index contributed by atoms with van der Waals surface area (Å²) in [7, 11) is 0. The van der Waals surface area contributed by atoms with E-state index in [1.807, 2.05) is 28.5 Å². The summed E-state index contributed by atoms with van der Waals surface area (Å²) in [6, 6.07) is 6.69. The van der Waals surface area contributed by atoms with E-state index in [2.05, 4.69) is 5.32 Å². The van der Waals surface area contributed by atoms with E-state index in [4.69, 9.17) is 0 Å². The van der Waals surface area contributed by atoms with Gasteiger partial charge in [-0.1, -0.05) is 19.1 Å². The molecule has 6 nitrogen and oxygen atoms in total. The van der Waals surface area contributed by atoms with Crippen LogP contribution in [0.3, 0.4) is 0 Å². The maximum Gasteiger partial charge on any atom is 0.320 e. The molecule has 7 heteroatoms. The molecule has 0 bridgehead atoms. The van der Waals surface area contributed by atoms with E-state index < -0.39 is 0 Å². The molecular weight excluding hydrogens is 347 g/mol. The number of piperidine rings is 1. The average molecular weight is 376 g/mol. The molecule has 2 fully saturated rings. The van der Waals surface area contributed by atoms with Crippen LogP contribution in [-0.2, 0) is 6.54 Å². The fourth-order valence-corrected chi connectivity index (χ4v) is 3.68. The van der Waals surface area contributed by atoms with E-state index in [9.17, 15) is 14.0 Å². The van der Waals surface area contributed by atoms with Gasteiger partial charge in [0, 0.05) is 44.8 Å². The summed E-state index contributed by atoms with van der Waals surface area (Å²) in [6.07, 6.45) is 2.53. The number of carbonyl (C=O) groups excluding carboxylic acids is 2. The molecule has 0 saturated carbocycles. The van der Waals surface area contributed by atoms with Crippen molar-refractivity contribution in [2.75, 3.05) is 26.2 Å². The van der Waals surface area contributed by atoms with E-state index in [1.165, 1.54) is 12.1 Å². The standard InChI is InChI=1S/C20H29FN4O2/c1-3-15(2)22-19(26)23-10-8-18(9-11-23)25-13-12-24(20(25)27)14-16-4-6-17(21)7-5-16/h4-7,15,18H,3,8-14H2,1-2H3,(H,22,26). The van der Waals surface area contributed by atoms with Gasteiger partial charge in [0.05, 0.1) is 0 Å². The summed E-state index contributed by atoms with van der Waals surface area (Å²) in [5, 5.41) is 3.00. The van der Waals surface area contributed by atoms with Crippen LogP contribution in [0.5, 0.6) is 0 Å². The largest absolute Gasteiger partial charge is 0.336 e. The van der Waals surface area contributed by atoms with Crippen LogP contribution >= 0.6 is 0 Å². The van der Waals surface area contributed by atoms with Gasteiger partial charge < -0.3 is 20.0 Å². The Morgan fingerprint density at radius 3 is 2.48 bits per heavy atom. The summed E-state index contributed by atoms with van der Waals surface area (Å²) in [6.45, 7) is 7.31. The molecule has 2 saturated heterocycles. The second-order valence-electron chi connectivity index (χ2n) is 7.50. The number of halogens is 1. The number of hydrogen-bond donors (Lipinski definition) is 1. The molecule has 1 unspecified atom stereocenters. The van der Waals surface area contributed by atoms with Gasteiger partial charge in [0.2, 0.25) is 0 Å². The van der Waals surface area contributed by atoms with Crippen molar-refractivity contribution in [1.82, 2.24) is 20.0 Å². The minimum absolute atomic E-state index is 0.00603. The van der Waals surface area contributed by atoms with Crippen LogP contribution in [0.1, 0.15) is 38.7 Å². The Balaban J connectivity index is 1.49. The molecule has 2 aliphatic rings. The highest BCUT2D eigenvalue weighted by Gasteiger charge is 2.36. The zero-order valence-corrected chi connectivity index (χ0v) is 16.2. The number of amides is 4. The Bertz CT molecular complexity index is 658. The van der Waals surface area contributed by atoms with Gasteiger partial charge in [-0.05, 0) is 43.9 Å². The summed E-state index contributed by atoms with van der Waals surface area (Å²) < 4.78 is 13.0. The molecule has 1 atom stereocenters. The number of urea groups is 2. The lowest BCUT2D eigenvalue weighted by Gasteiger charge is -2.36. The molecule has 4 amide bonds. The highest BCUT2D eigenvalue weighted by Crippen LogP contribution is 2.23. The number of nitrogens with one attached hydrogen (secondary N) is 1. The minimum atomic E-state index is -0.266. The molecule has 27 heavy (non-hydrogen) atoms. The average Bonchev–Trinajstić information content (AvgIpc) is 3.04. The van der Waals surface area contributed by atoms with Crippen molar-refractivity contribution in [2.24, 2.45) is 0 Å². The summed E-state index contributed by atoms with van der Waals surface area (Å²) in [4.78, 5) is 30.6. The first-order valence-electron chi connectivity index (χ1n) is 9.83. The minimum Gasteiger partial charge on any atom is -0.336 e. The van der Waals surface area contributed by atoms with E-state index in [0.29, 0.717) is 32.7 Å². The highest BCUT2D eigenvalue weighted by molar-refractivity contribution is 5.77. The van der Waals surface area contributed by atoms with Crippen LogP contribution in [0, 0.1) is 5.82 Å². The predicted octanol–water partition coefficient (Wildman–Crippen LogP) is 3.04. The monoisotopic (exact) mass is 376 g/mol. The Morgan fingerprint density at radius 2 is 1.85 bits per heavy atom. The number of nitrogens with zero attached hydrogens (tertiary/aromatic N) is 3. The molecule has 3 rings (SSSR count). The molecule has 0 aliphatic carbocycles. The predicted molar refractivity (Wildman–Crippen MR) is 102 cm³/mol. The third kappa shape index (κ3) is 4.70. The molecule has 1 N–H and O–H groups in total. The Labute approximate surface area is 160 Å². The Morgan fingerprint density at radius 1 is 1.19 bits per heavy atom. The van der Waals surface area contributed by atoms with Gasteiger partial charge in [0.25, 0.3) is 0 Å². The number of benzene rings is 1. The quantitative estimate of drug-likeness (QED) is 0.859. The normalized spacial score (nSPS) is 19.5. The van der Waals surface area contributed by atoms with Crippen molar-refractivity contribution >= 4 is 12.1 Å². The number of rotatable bonds is 5. The van der Waals surface area contributed by atoms with Crippen LogP contribution < -0.4 is 5.32 Å². The zero-order chi connectivity index (χ0) is 19.4. The first-order chi connectivity index (χ1) is 13.0. The van der Waals surface area contributed by atoms with Gasteiger partial charge in [-0.2, -0.15) is 0 Å². The van der Waals surface area contributed by atoms with Crippen LogP contribution in [0.2, 0.25) is 0 Å². The SMILES string of the molecule is CCC(C)NC(=O)N1CCC(N2CCN(Cc3ccc(F)cc3)C2=O)CC1. The molecule has 2 heterocycles. The molecule has 0 spiro atoms. The third-order valence-corrected chi connectivity index (χ3v) is 5.59. The maximum atomic E-state index is 13.0. The third-order valence-electron chi connectivity index (χ3n) is 5.59. The first kappa shape index (κ1) is 19.5. The number of carbonyl (C=O) groups is 2. The lowest BCUT2D eigenvalue weighted by molar-refractivity contribution is 0.133.